The first kappa shape index (κ1) is 15.6. The Bertz CT molecular complexity index is 608. The zero-order valence-electron chi connectivity index (χ0n) is 12.1. The van der Waals surface area contributed by atoms with E-state index < -0.39 is 17.5 Å². The largest absolute Gasteiger partial charge is 0.306 e. The van der Waals surface area contributed by atoms with Crippen molar-refractivity contribution in [3.8, 4) is 0 Å². The molecule has 0 fully saturated rings. The Hall–Kier alpha value is -1.81. The summed E-state index contributed by atoms with van der Waals surface area (Å²) in [5.41, 5.74) is 2.43. The second kappa shape index (κ2) is 6.76. The summed E-state index contributed by atoms with van der Waals surface area (Å²) in [6, 6.07) is 9.58. The highest BCUT2D eigenvalue weighted by atomic mass is 19.2. The minimum atomic E-state index is -1.17. The fraction of sp³-hybridized carbons (Fsp3) is 0.294. The lowest BCUT2D eigenvalue weighted by Gasteiger charge is -2.15. The SMILES string of the molecule is CCc1ccc(C(C)NCc2cc(F)c(F)cc2F)cc1. The van der Waals surface area contributed by atoms with E-state index in [2.05, 4.69) is 12.2 Å². The lowest BCUT2D eigenvalue weighted by atomic mass is 10.0. The van der Waals surface area contributed by atoms with Crippen molar-refractivity contribution < 1.29 is 13.2 Å². The maximum Gasteiger partial charge on any atom is 0.161 e. The van der Waals surface area contributed by atoms with E-state index in [9.17, 15) is 13.2 Å². The minimum absolute atomic E-state index is 0.0107. The molecule has 2 aromatic rings. The van der Waals surface area contributed by atoms with Gasteiger partial charge < -0.3 is 5.32 Å². The van der Waals surface area contributed by atoms with E-state index >= 15 is 0 Å². The Kier molecular flexibility index (Phi) is 5.02. The van der Waals surface area contributed by atoms with Gasteiger partial charge in [0, 0.05) is 24.2 Å². The van der Waals surface area contributed by atoms with E-state index in [4.69, 9.17) is 0 Å². The van der Waals surface area contributed by atoms with E-state index in [1.165, 1.54) is 5.56 Å². The molecule has 2 aromatic carbocycles. The predicted molar refractivity (Wildman–Crippen MR) is 77.4 cm³/mol. The molecular formula is C17H18F3N. The third kappa shape index (κ3) is 3.85. The normalized spacial score (nSPS) is 12.4. The van der Waals surface area contributed by atoms with E-state index in [1.54, 1.807) is 0 Å². The van der Waals surface area contributed by atoms with Crippen LogP contribution in [-0.4, -0.2) is 0 Å². The number of aryl methyl sites for hydroxylation is 1. The van der Waals surface area contributed by atoms with Gasteiger partial charge in [0.1, 0.15) is 5.82 Å². The number of nitrogens with one attached hydrogen (secondary N) is 1. The molecule has 0 aliphatic heterocycles. The monoisotopic (exact) mass is 293 g/mol. The first-order valence-corrected chi connectivity index (χ1v) is 6.97. The van der Waals surface area contributed by atoms with Crippen LogP contribution in [0.5, 0.6) is 0 Å². The van der Waals surface area contributed by atoms with Crippen molar-refractivity contribution in [2.75, 3.05) is 0 Å². The molecule has 1 nitrogen and oxygen atoms in total. The maximum atomic E-state index is 13.5. The van der Waals surface area contributed by atoms with E-state index in [0.29, 0.717) is 6.07 Å². The van der Waals surface area contributed by atoms with Gasteiger partial charge in [-0.25, -0.2) is 13.2 Å². The number of hydrogen-bond acceptors (Lipinski definition) is 1. The lowest BCUT2D eigenvalue weighted by Crippen LogP contribution is -2.19. The molecule has 0 aromatic heterocycles. The Labute approximate surface area is 122 Å². The molecule has 1 atom stereocenters. The molecule has 4 heteroatoms. The standard InChI is InChI=1S/C17H18F3N/c1-3-12-4-6-13(7-5-12)11(2)21-10-14-8-16(19)17(20)9-15(14)18/h4-9,11,21H,3,10H2,1-2H3. The topological polar surface area (TPSA) is 12.0 Å². The van der Waals surface area contributed by atoms with Gasteiger partial charge in [-0.05, 0) is 30.5 Å². The molecule has 1 N–H and O–H groups in total. The second-order valence-electron chi connectivity index (χ2n) is 5.06. The van der Waals surface area contributed by atoms with Crippen LogP contribution < -0.4 is 5.32 Å². The fourth-order valence-electron chi connectivity index (χ4n) is 2.12. The number of benzene rings is 2. The summed E-state index contributed by atoms with van der Waals surface area (Å²) in [6.45, 7) is 4.17. The molecule has 0 heterocycles. The highest BCUT2D eigenvalue weighted by molar-refractivity contribution is 5.25. The summed E-state index contributed by atoms with van der Waals surface area (Å²) in [7, 11) is 0. The first-order valence-electron chi connectivity index (χ1n) is 6.97. The molecule has 1 unspecified atom stereocenters. The van der Waals surface area contributed by atoms with E-state index in [0.717, 1.165) is 18.1 Å². The molecule has 0 amide bonds. The summed E-state index contributed by atoms with van der Waals surface area (Å²) >= 11 is 0. The van der Waals surface area contributed by atoms with Crippen molar-refractivity contribution in [2.45, 2.75) is 32.9 Å². The maximum absolute atomic E-state index is 13.5. The molecular weight excluding hydrogens is 275 g/mol. The van der Waals surface area contributed by atoms with Crippen LogP contribution in [0.2, 0.25) is 0 Å². The van der Waals surface area contributed by atoms with E-state index in [1.807, 2.05) is 31.2 Å². The number of halogens is 3. The van der Waals surface area contributed by atoms with Gasteiger partial charge >= 0.3 is 0 Å². The van der Waals surface area contributed by atoms with Gasteiger partial charge in [-0.1, -0.05) is 31.2 Å². The van der Waals surface area contributed by atoms with Crippen LogP contribution in [0.15, 0.2) is 36.4 Å². The van der Waals surface area contributed by atoms with Crippen molar-refractivity contribution in [1.82, 2.24) is 5.32 Å². The van der Waals surface area contributed by atoms with Crippen LogP contribution in [0.25, 0.3) is 0 Å². The Morgan fingerprint density at radius 2 is 1.57 bits per heavy atom. The van der Waals surface area contributed by atoms with Gasteiger partial charge in [-0.2, -0.15) is 0 Å². The van der Waals surface area contributed by atoms with Crippen LogP contribution in [-0.2, 0) is 13.0 Å². The van der Waals surface area contributed by atoms with Gasteiger partial charge in [-0.3, -0.25) is 0 Å². The molecule has 0 saturated heterocycles. The zero-order chi connectivity index (χ0) is 15.4. The molecule has 2 rings (SSSR count). The van der Waals surface area contributed by atoms with Gasteiger partial charge in [-0.15, -0.1) is 0 Å². The summed E-state index contributed by atoms with van der Waals surface area (Å²) < 4.78 is 39.5. The average molecular weight is 293 g/mol. The number of rotatable bonds is 5. The average Bonchev–Trinajstić information content (AvgIpc) is 2.49. The summed E-state index contributed by atoms with van der Waals surface area (Å²) in [5, 5.41) is 3.11. The second-order valence-corrected chi connectivity index (χ2v) is 5.06. The van der Waals surface area contributed by atoms with Crippen LogP contribution in [0.3, 0.4) is 0 Å². The molecule has 0 radical (unpaired) electrons. The number of hydrogen-bond donors (Lipinski definition) is 1. The van der Waals surface area contributed by atoms with Gasteiger partial charge in [0.15, 0.2) is 11.6 Å². The quantitative estimate of drug-likeness (QED) is 0.799. The summed E-state index contributed by atoms with van der Waals surface area (Å²) in [6.07, 6.45) is 0.974. The van der Waals surface area contributed by atoms with E-state index in [-0.39, 0.29) is 18.2 Å². The van der Waals surface area contributed by atoms with Crippen molar-refractivity contribution in [3.05, 3.63) is 70.5 Å². The smallest absolute Gasteiger partial charge is 0.161 e. The van der Waals surface area contributed by atoms with Gasteiger partial charge in [0.05, 0.1) is 0 Å². The third-order valence-corrected chi connectivity index (χ3v) is 3.58. The third-order valence-electron chi connectivity index (χ3n) is 3.58. The lowest BCUT2D eigenvalue weighted by molar-refractivity contribution is 0.482. The minimum Gasteiger partial charge on any atom is -0.306 e. The summed E-state index contributed by atoms with van der Waals surface area (Å²) in [4.78, 5) is 0. The van der Waals surface area contributed by atoms with Gasteiger partial charge in [0.25, 0.3) is 0 Å². The molecule has 112 valence electrons. The fourth-order valence-corrected chi connectivity index (χ4v) is 2.12. The summed E-state index contributed by atoms with van der Waals surface area (Å²) in [5.74, 6) is -2.94. The predicted octanol–water partition coefficient (Wildman–Crippen LogP) is 4.52. The molecule has 0 aliphatic carbocycles. The Morgan fingerprint density at radius 1 is 0.952 bits per heavy atom. The molecule has 0 bridgehead atoms. The highest BCUT2D eigenvalue weighted by Gasteiger charge is 2.11. The van der Waals surface area contributed by atoms with Crippen molar-refractivity contribution in [3.63, 3.8) is 0 Å². The molecule has 21 heavy (non-hydrogen) atoms. The van der Waals surface area contributed by atoms with Crippen LogP contribution >= 0.6 is 0 Å². The zero-order valence-corrected chi connectivity index (χ0v) is 12.1. The van der Waals surface area contributed by atoms with Gasteiger partial charge in [0.2, 0.25) is 0 Å². The molecule has 0 spiro atoms. The van der Waals surface area contributed by atoms with Crippen LogP contribution in [0.4, 0.5) is 13.2 Å². The van der Waals surface area contributed by atoms with Crippen LogP contribution in [0.1, 0.15) is 36.6 Å². The Balaban J connectivity index is 2.03. The van der Waals surface area contributed by atoms with Crippen molar-refractivity contribution >= 4 is 0 Å². The Morgan fingerprint density at radius 3 is 2.19 bits per heavy atom. The first-order chi connectivity index (χ1) is 10.0. The van der Waals surface area contributed by atoms with Crippen molar-refractivity contribution in [1.29, 1.82) is 0 Å². The van der Waals surface area contributed by atoms with Crippen molar-refractivity contribution in [2.24, 2.45) is 0 Å². The highest BCUT2D eigenvalue weighted by Crippen LogP contribution is 2.17. The molecule has 0 saturated carbocycles. The van der Waals surface area contributed by atoms with Crippen LogP contribution in [0, 0.1) is 17.5 Å². The molecule has 0 aliphatic rings.